The van der Waals surface area contributed by atoms with Crippen LogP contribution in [-0.4, -0.2) is 17.0 Å². The third-order valence-electron chi connectivity index (χ3n) is 2.47. The summed E-state index contributed by atoms with van der Waals surface area (Å²) in [6.45, 7) is 0. The molecule has 21 heavy (non-hydrogen) atoms. The van der Waals surface area contributed by atoms with E-state index in [1.54, 1.807) is 0 Å². The Morgan fingerprint density at radius 3 is 2.10 bits per heavy atom. The third-order valence-corrected chi connectivity index (χ3v) is 3.14. The van der Waals surface area contributed by atoms with Crippen LogP contribution in [0.5, 0.6) is 5.75 Å². The molecule has 7 heteroatoms. The molecule has 0 radical (unpaired) electrons. The Bertz CT molecular complexity index is 708. The number of carboxylic acid groups (broad SMARTS) is 1. The number of hydrogen-bond donors (Lipinski definition) is 1. The van der Waals surface area contributed by atoms with E-state index in [2.05, 4.69) is 0 Å². The molecule has 0 aliphatic rings. The Labute approximate surface area is 134 Å². The van der Waals surface area contributed by atoms with Gasteiger partial charge in [0.2, 0.25) is 0 Å². The molecule has 0 saturated carbocycles. The Hall–Kier alpha value is -1.75. The highest BCUT2D eigenvalue weighted by Crippen LogP contribution is 2.25. The number of carbonyl (C=O) groups is 2. The van der Waals surface area contributed by atoms with Gasteiger partial charge in [0, 0.05) is 15.1 Å². The van der Waals surface area contributed by atoms with Gasteiger partial charge in [-0.05, 0) is 36.4 Å². The van der Waals surface area contributed by atoms with Gasteiger partial charge in [0.05, 0.1) is 5.56 Å². The molecular weight excluding hydrogens is 339 g/mol. The van der Waals surface area contributed by atoms with Gasteiger partial charge < -0.3 is 9.84 Å². The van der Waals surface area contributed by atoms with Crippen molar-refractivity contribution in [3.8, 4) is 5.75 Å². The molecule has 4 nitrogen and oxygen atoms in total. The van der Waals surface area contributed by atoms with Crippen LogP contribution in [0.1, 0.15) is 20.7 Å². The Balaban J connectivity index is 2.33. The molecule has 0 atom stereocenters. The second-order valence-corrected chi connectivity index (χ2v) is 5.30. The van der Waals surface area contributed by atoms with Crippen molar-refractivity contribution in [1.29, 1.82) is 0 Å². The van der Waals surface area contributed by atoms with Crippen LogP contribution in [0, 0.1) is 0 Å². The van der Waals surface area contributed by atoms with Crippen molar-refractivity contribution in [1.82, 2.24) is 0 Å². The maximum atomic E-state index is 12.0. The zero-order chi connectivity index (χ0) is 15.6. The van der Waals surface area contributed by atoms with E-state index in [0.29, 0.717) is 0 Å². The van der Waals surface area contributed by atoms with E-state index in [4.69, 9.17) is 44.6 Å². The summed E-state index contributed by atoms with van der Waals surface area (Å²) in [7, 11) is 0. The molecule has 0 amide bonds. The lowest BCUT2D eigenvalue weighted by molar-refractivity contribution is 0.0681. The van der Waals surface area contributed by atoms with Crippen LogP contribution in [0.2, 0.25) is 15.1 Å². The van der Waals surface area contributed by atoms with E-state index >= 15 is 0 Å². The van der Waals surface area contributed by atoms with Crippen LogP contribution in [0.15, 0.2) is 36.4 Å². The summed E-state index contributed by atoms with van der Waals surface area (Å²) in [6, 6.07) is 8.11. The molecular formula is C14H7Cl3O4. The molecule has 0 heterocycles. The summed E-state index contributed by atoms with van der Waals surface area (Å²) in [5.74, 6) is -2.15. The first-order valence-electron chi connectivity index (χ1n) is 5.58. The second-order valence-electron chi connectivity index (χ2n) is 3.99. The molecule has 2 aromatic rings. The van der Waals surface area contributed by atoms with Crippen LogP contribution < -0.4 is 4.74 Å². The molecule has 108 valence electrons. The van der Waals surface area contributed by atoms with Crippen molar-refractivity contribution in [3.05, 3.63) is 62.6 Å². The van der Waals surface area contributed by atoms with Gasteiger partial charge in [-0.25, -0.2) is 9.59 Å². The second kappa shape index (κ2) is 6.35. The smallest absolute Gasteiger partial charge is 0.343 e. The van der Waals surface area contributed by atoms with Gasteiger partial charge in [-0.2, -0.15) is 0 Å². The fourth-order valence-corrected chi connectivity index (χ4v) is 2.29. The monoisotopic (exact) mass is 344 g/mol. The fourth-order valence-electron chi connectivity index (χ4n) is 1.59. The highest BCUT2D eigenvalue weighted by molar-refractivity contribution is 6.35. The van der Waals surface area contributed by atoms with Crippen molar-refractivity contribution in [3.63, 3.8) is 0 Å². The van der Waals surface area contributed by atoms with Crippen molar-refractivity contribution in [2.75, 3.05) is 0 Å². The van der Waals surface area contributed by atoms with Gasteiger partial charge in [0.1, 0.15) is 11.3 Å². The molecule has 2 rings (SSSR count). The lowest BCUT2D eigenvalue weighted by Crippen LogP contribution is -2.11. The number of carboxylic acids is 1. The zero-order valence-corrected chi connectivity index (χ0v) is 12.5. The van der Waals surface area contributed by atoms with Crippen molar-refractivity contribution >= 4 is 46.7 Å². The Morgan fingerprint density at radius 1 is 0.905 bits per heavy atom. The molecule has 1 N–H and O–H groups in total. The van der Waals surface area contributed by atoms with Crippen LogP contribution >= 0.6 is 34.8 Å². The summed E-state index contributed by atoms with van der Waals surface area (Å²) >= 11 is 17.3. The first-order chi connectivity index (χ1) is 9.86. The van der Waals surface area contributed by atoms with E-state index in [-0.39, 0.29) is 31.9 Å². The Kier molecular flexibility index (Phi) is 4.73. The number of rotatable bonds is 3. The highest BCUT2D eigenvalue weighted by Gasteiger charge is 2.17. The number of benzene rings is 2. The van der Waals surface area contributed by atoms with E-state index in [1.807, 2.05) is 0 Å². The minimum absolute atomic E-state index is 0.110. The van der Waals surface area contributed by atoms with Gasteiger partial charge >= 0.3 is 11.9 Å². The molecule has 0 spiro atoms. The molecule has 0 aromatic heterocycles. The van der Waals surface area contributed by atoms with Gasteiger partial charge in [0.15, 0.2) is 0 Å². The molecule has 0 fully saturated rings. The Morgan fingerprint density at radius 2 is 1.52 bits per heavy atom. The summed E-state index contributed by atoms with van der Waals surface area (Å²) in [4.78, 5) is 23.1. The standard InChI is InChI=1S/C14H7Cl3O4/c15-8-1-2-12(11(6-8)13(18)19)21-14(20)7-3-9(16)5-10(17)4-7/h1-6H,(H,18,19). The maximum Gasteiger partial charge on any atom is 0.343 e. The molecule has 0 bridgehead atoms. The lowest BCUT2D eigenvalue weighted by Gasteiger charge is -2.08. The minimum Gasteiger partial charge on any atom is -0.478 e. The SMILES string of the molecule is O=C(Oc1ccc(Cl)cc1C(=O)O)c1cc(Cl)cc(Cl)c1. The number of aromatic carboxylic acids is 1. The zero-order valence-electron chi connectivity index (χ0n) is 10.3. The number of halogens is 3. The first-order valence-corrected chi connectivity index (χ1v) is 6.71. The normalized spacial score (nSPS) is 10.2. The summed E-state index contributed by atoms with van der Waals surface area (Å²) in [5, 5.41) is 9.83. The number of ether oxygens (including phenoxy) is 1. The molecule has 2 aromatic carbocycles. The highest BCUT2D eigenvalue weighted by atomic mass is 35.5. The van der Waals surface area contributed by atoms with E-state index in [9.17, 15) is 9.59 Å². The maximum absolute atomic E-state index is 12.0. The quantitative estimate of drug-likeness (QED) is 0.654. The van der Waals surface area contributed by atoms with E-state index < -0.39 is 11.9 Å². The summed E-state index contributed by atoms with van der Waals surface area (Å²) < 4.78 is 5.06. The largest absolute Gasteiger partial charge is 0.478 e. The third kappa shape index (κ3) is 3.88. The van der Waals surface area contributed by atoms with Crippen molar-refractivity contribution in [2.45, 2.75) is 0 Å². The minimum atomic E-state index is -1.26. The predicted octanol–water partition coefficient (Wildman–Crippen LogP) is 4.56. The molecule has 0 saturated heterocycles. The topological polar surface area (TPSA) is 63.6 Å². The van der Waals surface area contributed by atoms with E-state index in [1.165, 1.54) is 36.4 Å². The predicted molar refractivity (Wildman–Crippen MR) is 79.8 cm³/mol. The number of carbonyl (C=O) groups excluding carboxylic acids is 1. The van der Waals surface area contributed by atoms with Crippen molar-refractivity contribution < 1.29 is 19.4 Å². The summed E-state index contributed by atoms with van der Waals surface area (Å²) in [6.07, 6.45) is 0. The fraction of sp³-hybridized carbons (Fsp3) is 0. The first kappa shape index (κ1) is 15.6. The van der Waals surface area contributed by atoms with Crippen LogP contribution in [0.25, 0.3) is 0 Å². The number of hydrogen-bond acceptors (Lipinski definition) is 3. The molecule has 0 aliphatic heterocycles. The van der Waals surface area contributed by atoms with Crippen molar-refractivity contribution in [2.24, 2.45) is 0 Å². The number of esters is 1. The molecule has 0 unspecified atom stereocenters. The van der Waals surface area contributed by atoms with Gasteiger partial charge in [0.25, 0.3) is 0 Å². The van der Waals surface area contributed by atoms with Gasteiger partial charge in [-0.3, -0.25) is 0 Å². The van der Waals surface area contributed by atoms with Gasteiger partial charge in [-0.1, -0.05) is 34.8 Å². The average molecular weight is 346 g/mol. The summed E-state index contributed by atoms with van der Waals surface area (Å²) in [5.41, 5.74) is -0.109. The lowest BCUT2D eigenvalue weighted by atomic mass is 10.2. The van der Waals surface area contributed by atoms with Crippen LogP contribution in [0.4, 0.5) is 0 Å². The molecule has 0 aliphatic carbocycles. The van der Waals surface area contributed by atoms with Crippen LogP contribution in [0.3, 0.4) is 0 Å². The van der Waals surface area contributed by atoms with Crippen LogP contribution in [-0.2, 0) is 0 Å². The van der Waals surface area contributed by atoms with Gasteiger partial charge in [-0.15, -0.1) is 0 Å². The average Bonchev–Trinajstić information content (AvgIpc) is 2.39. The van der Waals surface area contributed by atoms with E-state index in [0.717, 1.165) is 0 Å².